The first kappa shape index (κ1) is 12.1. The number of hydrogen-bond acceptors (Lipinski definition) is 3. The third kappa shape index (κ3) is 2.47. The average molecular weight is 239 g/mol. The smallest absolute Gasteiger partial charge is 0.0471 e. The van der Waals surface area contributed by atoms with Crippen molar-refractivity contribution in [2.45, 2.75) is 45.2 Å². The highest BCUT2D eigenvalue weighted by Crippen LogP contribution is 2.33. The molecule has 0 amide bonds. The third-order valence-electron chi connectivity index (χ3n) is 3.66. The van der Waals surface area contributed by atoms with E-state index in [1.165, 1.54) is 24.8 Å². The van der Waals surface area contributed by atoms with Gasteiger partial charge in [-0.3, -0.25) is 0 Å². The second-order valence-corrected chi connectivity index (χ2v) is 5.86. The Bertz CT molecular complexity index is 336. The molecule has 0 saturated carbocycles. The fourth-order valence-electron chi connectivity index (χ4n) is 2.30. The summed E-state index contributed by atoms with van der Waals surface area (Å²) in [6.45, 7) is 4.52. The summed E-state index contributed by atoms with van der Waals surface area (Å²) in [6.07, 6.45) is 3.76. The lowest BCUT2D eigenvalue weighted by Crippen LogP contribution is -2.37. The van der Waals surface area contributed by atoms with Crippen LogP contribution in [0.25, 0.3) is 0 Å². The SMILES string of the molecule is CC(CO)C(C)NC1CCCc2sccc21. The lowest BCUT2D eigenvalue weighted by atomic mass is 9.92. The van der Waals surface area contributed by atoms with E-state index < -0.39 is 0 Å². The number of aliphatic hydroxyl groups is 1. The van der Waals surface area contributed by atoms with E-state index in [4.69, 9.17) is 5.11 Å². The van der Waals surface area contributed by atoms with E-state index in [9.17, 15) is 0 Å². The van der Waals surface area contributed by atoms with Crippen molar-refractivity contribution in [2.24, 2.45) is 5.92 Å². The van der Waals surface area contributed by atoms with Crippen LogP contribution in [0.4, 0.5) is 0 Å². The second-order valence-electron chi connectivity index (χ2n) is 4.86. The van der Waals surface area contributed by atoms with Gasteiger partial charge in [0, 0.05) is 23.6 Å². The van der Waals surface area contributed by atoms with E-state index in [0.717, 1.165) is 0 Å². The summed E-state index contributed by atoms with van der Waals surface area (Å²) in [4.78, 5) is 1.55. The van der Waals surface area contributed by atoms with Crippen LogP contribution in [0, 0.1) is 5.92 Å². The molecular weight excluding hydrogens is 218 g/mol. The molecule has 0 bridgehead atoms. The molecule has 0 aliphatic heterocycles. The molecule has 3 atom stereocenters. The van der Waals surface area contributed by atoms with Crippen molar-refractivity contribution < 1.29 is 5.11 Å². The van der Waals surface area contributed by atoms with Gasteiger partial charge in [0.1, 0.15) is 0 Å². The fourth-order valence-corrected chi connectivity index (χ4v) is 3.29. The molecule has 3 unspecified atom stereocenters. The van der Waals surface area contributed by atoms with Gasteiger partial charge < -0.3 is 10.4 Å². The predicted molar refractivity (Wildman–Crippen MR) is 68.8 cm³/mol. The summed E-state index contributed by atoms with van der Waals surface area (Å²) in [5.74, 6) is 0.323. The Hall–Kier alpha value is -0.380. The Balaban J connectivity index is 2.02. The number of hydrogen-bond donors (Lipinski definition) is 2. The lowest BCUT2D eigenvalue weighted by molar-refractivity contribution is 0.198. The number of thiophene rings is 1. The normalized spacial score (nSPS) is 23.8. The Labute approximate surface area is 102 Å². The molecule has 1 aromatic rings. The Morgan fingerprint density at radius 1 is 1.56 bits per heavy atom. The van der Waals surface area contributed by atoms with Crippen molar-refractivity contribution >= 4 is 11.3 Å². The number of nitrogens with one attached hydrogen (secondary N) is 1. The van der Waals surface area contributed by atoms with Gasteiger partial charge in [-0.1, -0.05) is 6.92 Å². The molecule has 0 radical (unpaired) electrons. The van der Waals surface area contributed by atoms with Crippen molar-refractivity contribution in [1.29, 1.82) is 0 Å². The van der Waals surface area contributed by atoms with Gasteiger partial charge in [-0.05, 0) is 49.1 Å². The van der Waals surface area contributed by atoms with Crippen LogP contribution in [0.5, 0.6) is 0 Å². The van der Waals surface area contributed by atoms with Gasteiger partial charge >= 0.3 is 0 Å². The first-order chi connectivity index (χ1) is 7.72. The molecule has 0 fully saturated rings. The summed E-state index contributed by atoms with van der Waals surface area (Å²) in [6, 6.07) is 3.13. The van der Waals surface area contributed by atoms with E-state index in [0.29, 0.717) is 18.0 Å². The van der Waals surface area contributed by atoms with Crippen molar-refractivity contribution in [3.05, 3.63) is 21.9 Å². The second kappa shape index (κ2) is 5.30. The molecule has 1 aliphatic rings. The highest BCUT2D eigenvalue weighted by Gasteiger charge is 2.23. The molecule has 2 N–H and O–H groups in total. The van der Waals surface area contributed by atoms with E-state index in [1.54, 1.807) is 4.88 Å². The number of fused-ring (bicyclic) bond motifs is 1. The van der Waals surface area contributed by atoms with E-state index in [-0.39, 0.29) is 6.61 Å². The minimum absolute atomic E-state index is 0.261. The molecule has 3 heteroatoms. The highest BCUT2D eigenvalue weighted by atomic mass is 32.1. The van der Waals surface area contributed by atoms with Crippen LogP contribution in [-0.4, -0.2) is 17.8 Å². The predicted octanol–water partition coefficient (Wildman–Crippen LogP) is 2.73. The molecule has 16 heavy (non-hydrogen) atoms. The van der Waals surface area contributed by atoms with Crippen molar-refractivity contribution in [2.75, 3.05) is 6.61 Å². The number of aliphatic hydroxyl groups excluding tert-OH is 1. The fraction of sp³-hybridized carbons (Fsp3) is 0.692. The lowest BCUT2D eigenvalue weighted by Gasteiger charge is -2.29. The van der Waals surface area contributed by atoms with Crippen molar-refractivity contribution in [3.8, 4) is 0 Å². The Kier molecular flexibility index (Phi) is 4.00. The minimum atomic E-state index is 0.261. The van der Waals surface area contributed by atoms with Crippen molar-refractivity contribution in [1.82, 2.24) is 5.32 Å². The molecule has 0 saturated heterocycles. The summed E-state index contributed by atoms with van der Waals surface area (Å²) >= 11 is 1.88. The van der Waals surface area contributed by atoms with Gasteiger partial charge in [0.15, 0.2) is 0 Å². The van der Waals surface area contributed by atoms with Gasteiger partial charge in [-0.2, -0.15) is 0 Å². The van der Waals surface area contributed by atoms with Gasteiger partial charge in [0.05, 0.1) is 0 Å². The standard InChI is InChI=1S/C13H21NOS/c1-9(8-15)10(2)14-12-4-3-5-13-11(12)6-7-16-13/h6-7,9-10,12,14-15H,3-5,8H2,1-2H3. The molecule has 1 aliphatic carbocycles. The Morgan fingerprint density at radius 2 is 2.38 bits per heavy atom. The van der Waals surface area contributed by atoms with Crippen LogP contribution >= 0.6 is 11.3 Å². The molecule has 2 rings (SSSR count). The average Bonchev–Trinajstić information content (AvgIpc) is 2.77. The number of rotatable bonds is 4. The topological polar surface area (TPSA) is 32.3 Å². The van der Waals surface area contributed by atoms with Crippen LogP contribution in [0.1, 0.15) is 43.2 Å². The number of aryl methyl sites for hydroxylation is 1. The van der Waals surface area contributed by atoms with Gasteiger partial charge in [0.2, 0.25) is 0 Å². The zero-order valence-electron chi connectivity index (χ0n) is 10.1. The Morgan fingerprint density at radius 3 is 3.12 bits per heavy atom. The minimum Gasteiger partial charge on any atom is -0.396 e. The molecule has 90 valence electrons. The van der Waals surface area contributed by atoms with Crippen LogP contribution < -0.4 is 5.32 Å². The van der Waals surface area contributed by atoms with Crippen LogP contribution in [0.3, 0.4) is 0 Å². The zero-order valence-corrected chi connectivity index (χ0v) is 10.9. The highest BCUT2D eigenvalue weighted by molar-refractivity contribution is 7.10. The molecule has 0 spiro atoms. The monoisotopic (exact) mass is 239 g/mol. The quantitative estimate of drug-likeness (QED) is 0.847. The first-order valence-electron chi connectivity index (χ1n) is 6.15. The maximum atomic E-state index is 9.15. The van der Waals surface area contributed by atoms with Crippen LogP contribution in [0.2, 0.25) is 0 Å². The summed E-state index contributed by atoms with van der Waals surface area (Å²) in [5.41, 5.74) is 1.49. The summed E-state index contributed by atoms with van der Waals surface area (Å²) in [5, 5.41) is 15.0. The van der Waals surface area contributed by atoms with E-state index in [2.05, 4.69) is 30.6 Å². The molecule has 2 nitrogen and oxygen atoms in total. The van der Waals surface area contributed by atoms with Crippen LogP contribution in [-0.2, 0) is 6.42 Å². The van der Waals surface area contributed by atoms with Crippen LogP contribution in [0.15, 0.2) is 11.4 Å². The van der Waals surface area contributed by atoms with Gasteiger partial charge in [0.25, 0.3) is 0 Å². The van der Waals surface area contributed by atoms with Gasteiger partial charge in [-0.15, -0.1) is 11.3 Å². The largest absolute Gasteiger partial charge is 0.396 e. The third-order valence-corrected chi connectivity index (χ3v) is 4.65. The van der Waals surface area contributed by atoms with E-state index >= 15 is 0 Å². The first-order valence-corrected chi connectivity index (χ1v) is 7.03. The maximum Gasteiger partial charge on any atom is 0.0471 e. The molecule has 0 aromatic carbocycles. The molecule has 1 heterocycles. The van der Waals surface area contributed by atoms with E-state index in [1.807, 2.05) is 11.3 Å². The maximum absolute atomic E-state index is 9.15. The zero-order chi connectivity index (χ0) is 11.5. The molecule has 1 aromatic heterocycles. The summed E-state index contributed by atoms with van der Waals surface area (Å²) < 4.78 is 0. The van der Waals surface area contributed by atoms with Crippen molar-refractivity contribution in [3.63, 3.8) is 0 Å². The summed E-state index contributed by atoms with van der Waals surface area (Å²) in [7, 11) is 0. The molecular formula is C13H21NOS. The van der Waals surface area contributed by atoms with Gasteiger partial charge in [-0.25, -0.2) is 0 Å².